The van der Waals surface area contributed by atoms with Crippen molar-refractivity contribution in [3.05, 3.63) is 54.3 Å². The Kier molecular flexibility index (Phi) is 6.08. The van der Waals surface area contributed by atoms with Gasteiger partial charge < -0.3 is 14.6 Å². The van der Waals surface area contributed by atoms with Gasteiger partial charge in [0.2, 0.25) is 5.91 Å². The Morgan fingerprint density at radius 1 is 1.19 bits per heavy atom. The molecule has 3 rings (SSSR count). The number of halogens is 1. The van der Waals surface area contributed by atoms with Crippen LogP contribution in [-0.2, 0) is 11.8 Å². The van der Waals surface area contributed by atoms with Gasteiger partial charge in [-0.05, 0) is 43.3 Å². The molecule has 1 aromatic heterocycles. The van der Waals surface area contributed by atoms with E-state index < -0.39 is 5.82 Å². The summed E-state index contributed by atoms with van der Waals surface area (Å²) in [6.07, 6.45) is 0. The second-order valence-electron chi connectivity index (χ2n) is 5.64. The van der Waals surface area contributed by atoms with Gasteiger partial charge >= 0.3 is 0 Å². The number of carbonyl (C=O) groups excluding carboxylic acids is 1. The van der Waals surface area contributed by atoms with Crippen molar-refractivity contribution >= 4 is 23.4 Å². The molecule has 0 atom stereocenters. The monoisotopic (exact) mass is 386 g/mol. The number of para-hydroxylation sites is 1. The van der Waals surface area contributed by atoms with Crippen molar-refractivity contribution in [2.24, 2.45) is 7.05 Å². The maximum absolute atomic E-state index is 13.6. The van der Waals surface area contributed by atoms with Gasteiger partial charge in [0, 0.05) is 12.6 Å². The predicted octanol–water partition coefficient (Wildman–Crippen LogP) is 3.75. The van der Waals surface area contributed by atoms with E-state index in [1.165, 1.54) is 23.9 Å². The second kappa shape index (κ2) is 8.68. The van der Waals surface area contributed by atoms with Crippen LogP contribution >= 0.6 is 11.8 Å². The van der Waals surface area contributed by atoms with Gasteiger partial charge in [-0.1, -0.05) is 23.9 Å². The number of aromatic nitrogens is 3. The van der Waals surface area contributed by atoms with Gasteiger partial charge in [0.1, 0.15) is 11.6 Å². The molecular weight excluding hydrogens is 367 g/mol. The lowest BCUT2D eigenvalue weighted by Gasteiger charge is -2.07. The first-order valence-corrected chi connectivity index (χ1v) is 9.37. The van der Waals surface area contributed by atoms with E-state index in [-0.39, 0.29) is 17.3 Å². The Morgan fingerprint density at radius 2 is 1.93 bits per heavy atom. The highest BCUT2D eigenvalue weighted by Gasteiger charge is 2.14. The van der Waals surface area contributed by atoms with E-state index in [2.05, 4.69) is 15.5 Å². The van der Waals surface area contributed by atoms with Crippen molar-refractivity contribution in [2.45, 2.75) is 12.1 Å². The van der Waals surface area contributed by atoms with Crippen LogP contribution in [-0.4, -0.2) is 33.0 Å². The largest absolute Gasteiger partial charge is 0.494 e. The fourth-order valence-corrected chi connectivity index (χ4v) is 3.15. The summed E-state index contributed by atoms with van der Waals surface area (Å²) < 4.78 is 20.8. The molecule has 1 N–H and O–H groups in total. The minimum absolute atomic E-state index is 0.101. The summed E-state index contributed by atoms with van der Waals surface area (Å²) in [5.41, 5.74) is 1.06. The highest BCUT2D eigenvalue weighted by atomic mass is 32.2. The zero-order chi connectivity index (χ0) is 19.2. The van der Waals surface area contributed by atoms with Crippen molar-refractivity contribution in [3.63, 3.8) is 0 Å². The average Bonchev–Trinajstić information content (AvgIpc) is 3.03. The molecule has 6 nitrogen and oxygen atoms in total. The van der Waals surface area contributed by atoms with E-state index in [0.29, 0.717) is 17.6 Å². The summed E-state index contributed by atoms with van der Waals surface area (Å²) in [4.78, 5) is 12.1. The van der Waals surface area contributed by atoms with Gasteiger partial charge in [0.15, 0.2) is 11.0 Å². The second-order valence-corrected chi connectivity index (χ2v) is 6.58. The third-order valence-corrected chi connectivity index (χ3v) is 4.76. The minimum Gasteiger partial charge on any atom is -0.494 e. The Morgan fingerprint density at radius 3 is 2.63 bits per heavy atom. The van der Waals surface area contributed by atoms with Crippen LogP contribution in [0.25, 0.3) is 11.4 Å². The number of nitrogens with zero attached hydrogens (tertiary/aromatic N) is 3. The van der Waals surface area contributed by atoms with Crippen molar-refractivity contribution < 1.29 is 13.9 Å². The zero-order valence-electron chi connectivity index (χ0n) is 15.0. The minimum atomic E-state index is -0.465. The molecule has 3 aromatic rings. The number of ether oxygens (including phenoxy) is 1. The SMILES string of the molecule is CCOc1ccc(-c2nnc(SCC(=O)Nc3ccccc3F)n2C)cc1. The van der Waals surface area contributed by atoms with Crippen LogP contribution in [0.15, 0.2) is 53.7 Å². The van der Waals surface area contributed by atoms with Crippen LogP contribution in [0.2, 0.25) is 0 Å². The van der Waals surface area contributed by atoms with Gasteiger partial charge in [-0.2, -0.15) is 0 Å². The van der Waals surface area contributed by atoms with E-state index in [1.54, 1.807) is 12.1 Å². The van der Waals surface area contributed by atoms with Crippen LogP contribution in [0.3, 0.4) is 0 Å². The van der Waals surface area contributed by atoms with Crippen molar-refractivity contribution in [2.75, 3.05) is 17.7 Å². The van der Waals surface area contributed by atoms with E-state index in [1.807, 2.05) is 42.8 Å². The van der Waals surface area contributed by atoms with Gasteiger partial charge in [-0.3, -0.25) is 4.79 Å². The van der Waals surface area contributed by atoms with Crippen molar-refractivity contribution in [3.8, 4) is 17.1 Å². The van der Waals surface area contributed by atoms with Crippen LogP contribution < -0.4 is 10.1 Å². The highest BCUT2D eigenvalue weighted by Crippen LogP contribution is 2.24. The number of hydrogen-bond acceptors (Lipinski definition) is 5. The van der Waals surface area contributed by atoms with Crippen molar-refractivity contribution in [1.29, 1.82) is 0 Å². The lowest BCUT2D eigenvalue weighted by Crippen LogP contribution is -2.15. The summed E-state index contributed by atoms with van der Waals surface area (Å²) in [5.74, 6) is 0.810. The average molecular weight is 386 g/mol. The summed E-state index contributed by atoms with van der Waals surface area (Å²) in [5, 5.41) is 11.5. The third-order valence-electron chi connectivity index (χ3n) is 3.74. The van der Waals surface area contributed by atoms with Gasteiger partial charge in [-0.25, -0.2) is 4.39 Å². The Labute approximate surface area is 160 Å². The number of benzene rings is 2. The van der Waals surface area contributed by atoms with E-state index in [9.17, 15) is 9.18 Å². The first-order valence-electron chi connectivity index (χ1n) is 8.38. The summed E-state index contributed by atoms with van der Waals surface area (Å²) in [7, 11) is 1.84. The Hall–Kier alpha value is -2.87. The molecule has 1 amide bonds. The molecule has 0 radical (unpaired) electrons. The number of carbonyl (C=O) groups is 1. The summed E-state index contributed by atoms with van der Waals surface area (Å²) in [6.45, 7) is 2.54. The molecule has 0 spiro atoms. The fourth-order valence-electron chi connectivity index (χ4n) is 2.44. The number of hydrogen-bond donors (Lipinski definition) is 1. The predicted molar refractivity (Wildman–Crippen MR) is 103 cm³/mol. The molecule has 0 fully saturated rings. The highest BCUT2D eigenvalue weighted by molar-refractivity contribution is 7.99. The molecule has 0 aliphatic rings. The maximum Gasteiger partial charge on any atom is 0.234 e. The van der Waals surface area contributed by atoms with Gasteiger partial charge in [-0.15, -0.1) is 10.2 Å². The Bertz CT molecular complexity index is 928. The molecule has 8 heteroatoms. The molecule has 0 saturated heterocycles. The first kappa shape index (κ1) is 18.9. The molecule has 0 aliphatic heterocycles. The topological polar surface area (TPSA) is 69.0 Å². The van der Waals surface area contributed by atoms with E-state index >= 15 is 0 Å². The van der Waals surface area contributed by atoms with Crippen LogP contribution in [0.4, 0.5) is 10.1 Å². The molecule has 0 unspecified atom stereocenters. The smallest absolute Gasteiger partial charge is 0.234 e. The van der Waals surface area contributed by atoms with Crippen LogP contribution in [0.5, 0.6) is 5.75 Å². The molecule has 27 heavy (non-hydrogen) atoms. The fraction of sp³-hybridized carbons (Fsp3) is 0.211. The number of nitrogens with one attached hydrogen (secondary N) is 1. The lowest BCUT2D eigenvalue weighted by atomic mass is 10.2. The lowest BCUT2D eigenvalue weighted by molar-refractivity contribution is -0.113. The van der Waals surface area contributed by atoms with Crippen LogP contribution in [0.1, 0.15) is 6.92 Å². The third kappa shape index (κ3) is 4.65. The quantitative estimate of drug-likeness (QED) is 0.627. The summed E-state index contributed by atoms with van der Waals surface area (Å²) in [6, 6.07) is 13.6. The first-order chi connectivity index (χ1) is 13.1. The normalized spacial score (nSPS) is 10.6. The van der Waals surface area contributed by atoms with Gasteiger partial charge in [0.25, 0.3) is 0 Å². The molecule has 2 aromatic carbocycles. The zero-order valence-corrected chi connectivity index (χ0v) is 15.8. The summed E-state index contributed by atoms with van der Waals surface area (Å²) >= 11 is 1.24. The molecular formula is C19H19FN4O2S. The number of rotatable bonds is 7. The number of anilines is 1. The molecule has 0 aliphatic carbocycles. The van der Waals surface area contributed by atoms with Gasteiger partial charge in [0.05, 0.1) is 18.0 Å². The number of amides is 1. The Balaban J connectivity index is 1.63. The molecule has 0 bridgehead atoms. The molecule has 1 heterocycles. The van der Waals surface area contributed by atoms with E-state index in [4.69, 9.17) is 4.74 Å². The van der Waals surface area contributed by atoms with Crippen molar-refractivity contribution in [1.82, 2.24) is 14.8 Å². The molecule has 0 saturated carbocycles. The van der Waals surface area contributed by atoms with Crippen LogP contribution in [0, 0.1) is 5.82 Å². The molecule has 140 valence electrons. The maximum atomic E-state index is 13.6. The standard InChI is InChI=1S/C19H19FN4O2S/c1-3-26-14-10-8-13(9-11-14)18-22-23-19(24(18)2)27-12-17(25)21-16-7-5-4-6-15(16)20/h4-11H,3,12H2,1-2H3,(H,21,25). The number of thioether (sulfide) groups is 1. The van der Waals surface area contributed by atoms with E-state index in [0.717, 1.165) is 11.3 Å².